The van der Waals surface area contributed by atoms with Crippen LogP contribution in [-0.2, 0) is 6.42 Å². The Morgan fingerprint density at radius 3 is 2.57 bits per heavy atom. The van der Waals surface area contributed by atoms with Crippen LogP contribution in [0.15, 0.2) is 16.8 Å². The van der Waals surface area contributed by atoms with E-state index < -0.39 is 0 Å². The maximum Gasteiger partial charge on any atom is 0.0107 e. The van der Waals surface area contributed by atoms with Crippen molar-refractivity contribution in [1.82, 2.24) is 10.2 Å². The Morgan fingerprint density at radius 1 is 1.05 bits per heavy atom. The number of hydrogen-bond acceptors (Lipinski definition) is 3. The fourth-order valence-corrected chi connectivity index (χ4v) is 4.79. The monoisotopic (exact) mass is 306 g/mol. The highest BCUT2D eigenvalue weighted by molar-refractivity contribution is 7.07. The molecule has 21 heavy (non-hydrogen) atoms. The molecular weight excluding hydrogens is 276 g/mol. The first-order chi connectivity index (χ1) is 10.4. The Bertz CT molecular complexity index is 385. The molecule has 1 aliphatic carbocycles. The Kier molecular flexibility index (Phi) is 5.73. The molecule has 2 nitrogen and oxygen atoms in total. The fraction of sp³-hybridized carbons (Fsp3) is 0.778. The second-order valence-electron chi connectivity index (χ2n) is 7.03. The molecule has 0 unspecified atom stereocenters. The second kappa shape index (κ2) is 7.75. The zero-order chi connectivity index (χ0) is 14.4. The summed E-state index contributed by atoms with van der Waals surface area (Å²) < 4.78 is 0. The Balaban J connectivity index is 1.27. The molecule has 0 bridgehead atoms. The van der Waals surface area contributed by atoms with Gasteiger partial charge in [0, 0.05) is 13.1 Å². The minimum atomic E-state index is 0.751. The van der Waals surface area contributed by atoms with Gasteiger partial charge in [-0.05, 0) is 79.5 Å². The summed E-state index contributed by atoms with van der Waals surface area (Å²) in [5.41, 5.74) is 2.23. The number of nitrogens with zero attached hydrogens (tertiary/aromatic N) is 1. The Hall–Kier alpha value is -0.380. The molecule has 2 aliphatic rings. The molecule has 0 atom stereocenters. The van der Waals surface area contributed by atoms with E-state index in [-0.39, 0.29) is 0 Å². The van der Waals surface area contributed by atoms with Gasteiger partial charge in [0.25, 0.3) is 0 Å². The predicted octanol–water partition coefficient (Wildman–Crippen LogP) is 3.93. The number of likely N-dealkylation sites (tertiary alicyclic amines) is 1. The second-order valence-corrected chi connectivity index (χ2v) is 7.81. The molecule has 3 heteroatoms. The highest BCUT2D eigenvalue weighted by Gasteiger charge is 2.35. The van der Waals surface area contributed by atoms with Crippen LogP contribution in [0.5, 0.6) is 0 Å². The van der Waals surface area contributed by atoms with Crippen molar-refractivity contribution < 1.29 is 0 Å². The van der Waals surface area contributed by atoms with Crippen LogP contribution >= 0.6 is 11.3 Å². The molecule has 1 aromatic rings. The molecule has 1 spiro atoms. The zero-order valence-corrected chi connectivity index (χ0v) is 14.1. The van der Waals surface area contributed by atoms with Gasteiger partial charge in [-0.25, -0.2) is 0 Å². The number of nitrogens with one attached hydrogen (secondary N) is 1. The van der Waals surface area contributed by atoms with Gasteiger partial charge in [-0.2, -0.15) is 11.3 Å². The van der Waals surface area contributed by atoms with Crippen LogP contribution in [0.3, 0.4) is 0 Å². The summed E-state index contributed by atoms with van der Waals surface area (Å²) in [7, 11) is 0. The summed E-state index contributed by atoms with van der Waals surface area (Å²) in [4.78, 5) is 2.68. The highest BCUT2D eigenvalue weighted by atomic mass is 32.1. The first kappa shape index (κ1) is 15.5. The SMILES string of the molecule is c1cc(CCNCCN2CCC3(CCCCC3)CC2)cs1. The van der Waals surface area contributed by atoms with E-state index in [0.717, 1.165) is 18.5 Å². The van der Waals surface area contributed by atoms with Crippen molar-refractivity contribution >= 4 is 11.3 Å². The molecule has 1 saturated carbocycles. The van der Waals surface area contributed by atoms with Crippen molar-refractivity contribution in [2.45, 2.75) is 51.4 Å². The van der Waals surface area contributed by atoms with Gasteiger partial charge in [-0.3, -0.25) is 0 Å². The first-order valence-electron chi connectivity index (χ1n) is 8.81. The maximum atomic E-state index is 3.60. The van der Waals surface area contributed by atoms with Gasteiger partial charge in [0.15, 0.2) is 0 Å². The Labute approximate surface area is 133 Å². The van der Waals surface area contributed by atoms with Crippen molar-refractivity contribution in [2.75, 3.05) is 32.7 Å². The lowest BCUT2D eigenvalue weighted by atomic mass is 9.68. The summed E-state index contributed by atoms with van der Waals surface area (Å²) in [6.07, 6.45) is 11.6. The number of piperidine rings is 1. The van der Waals surface area contributed by atoms with Crippen LogP contribution in [0.1, 0.15) is 50.5 Å². The normalized spacial score (nSPS) is 22.7. The van der Waals surface area contributed by atoms with Crippen molar-refractivity contribution in [3.8, 4) is 0 Å². The number of rotatable bonds is 6. The smallest absolute Gasteiger partial charge is 0.0107 e. The third kappa shape index (κ3) is 4.54. The van der Waals surface area contributed by atoms with E-state index in [1.807, 2.05) is 0 Å². The molecule has 0 aromatic carbocycles. The zero-order valence-electron chi connectivity index (χ0n) is 13.3. The van der Waals surface area contributed by atoms with Gasteiger partial charge in [0.2, 0.25) is 0 Å². The summed E-state index contributed by atoms with van der Waals surface area (Å²) in [6, 6.07) is 2.24. The van der Waals surface area contributed by atoms with E-state index in [2.05, 4.69) is 27.0 Å². The standard InChI is InChI=1S/C18H30N2S/c1-2-6-18(7-3-1)8-12-20(13-9-18)14-11-19-10-4-17-5-15-21-16-17/h5,15-16,19H,1-4,6-14H2. The fourth-order valence-electron chi connectivity index (χ4n) is 4.08. The lowest BCUT2D eigenvalue weighted by Gasteiger charge is -2.44. The summed E-state index contributed by atoms with van der Waals surface area (Å²) in [5, 5.41) is 8.04. The van der Waals surface area contributed by atoms with Gasteiger partial charge in [-0.1, -0.05) is 19.3 Å². The maximum absolute atomic E-state index is 3.60. The minimum absolute atomic E-state index is 0.751. The molecule has 1 N–H and O–H groups in total. The molecule has 118 valence electrons. The van der Waals surface area contributed by atoms with E-state index in [1.165, 1.54) is 76.6 Å². The molecular formula is C18H30N2S. The largest absolute Gasteiger partial charge is 0.315 e. The Morgan fingerprint density at radius 2 is 1.86 bits per heavy atom. The van der Waals surface area contributed by atoms with Gasteiger partial charge < -0.3 is 10.2 Å². The van der Waals surface area contributed by atoms with E-state index in [9.17, 15) is 0 Å². The first-order valence-corrected chi connectivity index (χ1v) is 9.75. The molecule has 1 aliphatic heterocycles. The van der Waals surface area contributed by atoms with Gasteiger partial charge in [0.1, 0.15) is 0 Å². The molecule has 2 heterocycles. The number of thiophene rings is 1. The predicted molar refractivity (Wildman–Crippen MR) is 92.1 cm³/mol. The van der Waals surface area contributed by atoms with Crippen LogP contribution in [0, 0.1) is 5.41 Å². The van der Waals surface area contributed by atoms with E-state index >= 15 is 0 Å². The van der Waals surface area contributed by atoms with E-state index in [1.54, 1.807) is 11.3 Å². The number of hydrogen-bond donors (Lipinski definition) is 1. The lowest BCUT2D eigenvalue weighted by molar-refractivity contribution is 0.0684. The van der Waals surface area contributed by atoms with Crippen molar-refractivity contribution in [3.63, 3.8) is 0 Å². The average Bonchev–Trinajstić information content (AvgIpc) is 3.03. The summed E-state index contributed by atoms with van der Waals surface area (Å²) >= 11 is 1.80. The van der Waals surface area contributed by atoms with Crippen LogP contribution in [-0.4, -0.2) is 37.6 Å². The third-order valence-electron chi connectivity index (χ3n) is 5.61. The summed E-state index contributed by atoms with van der Waals surface area (Å²) in [6.45, 7) is 6.18. The lowest BCUT2D eigenvalue weighted by Crippen LogP contribution is -2.43. The van der Waals surface area contributed by atoms with E-state index in [4.69, 9.17) is 0 Å². The van der Waals surface area contributed by atoms with Crippen molar-refractivity contribution in [2.24, 2.45) is 5.41 Å². The van der Waals surface area contributed by atoms with Crippen molar-refractivity contribution in [3.05, 3.63) is 22.4 Å². The minimum Gasteiger partial charge on any atom is -0.315 e. The van der Waals surface area contributed by atoms with Gasteiger partial charge in [-0.15, -0.1) is 0 Å². The summed E-state index contributed by atoms with van der Waals surface area (Å²) in [5.74, 6) is 0. The van der Waals surface area contributed by atoms with Crippen LogP contribution in [0.2, 0.25) is 0 Å². The quantitative estimate of drug-likeness (QED) is 0.801. The van der Waals surface area contributed by atoms with Crippen LogP contribution < -0.4 is 5.32 Å². The molecule has 1 aromatic heterocycles. The van der Waals surface area contributed by atoms with E-state index in [0.29, 0.717) is 0 Å². The topological polar surface area (TPSA) is 15.3 Å². The van der Waals surface area contributed by atoms with Crippen molar-refractivity contribution in [1.29, 1.82) is 0 Å². The molecule has 0 amide bonds. The average molecular weight is 307 g/mol. The third-order valence-corrected chi connectivity index (χ3v) is 6.34. The van der Waals surface area contributed by atoms with Crippen LogP contribution in [0.4, 0.5) is 0 Å². The highest BCUT2D eigenvalue weighted by Crippen LogP contribution is 2.44. The molecule has 1 saturated heterocycles. The molecule has 3 rings (SSSR count). The van der Waals surface area contributed by atoms with Gasteiger partial charge in [0.05, 0.1) is 0 Å². The van der Waals surface area contributed by atoms with Gasteiger partial charge >= 0.3 is 0 Å². The molecule has 2 fully saturated rings. The molecule has 0 radical (unpaired) electrons. The van der Waals surface area contributed by atoms with Crippen LogP contribution in [0.25, 0.3) is 0 Å².